The van der Waals surface area contributed by atoms with Crippen molar-refractivity contribution in [2.45, 2.75) is 25.1 Å². The molecule has 2 atom stereocenters. The average molecular weight is 258 g/mol. The fraction of sp³-hybridized carbons (Fsp3) is 0.538. The van der Waals surface area contributed by atoms with Crippen LogP contribution in [0.3, 0.4) is 0 Å². The molecular formula is C13H17F3N2. The van der Waals surface area contributed by atoms with Gasteiger partial charge in [-0.25, -0.2) is 0 Å². The van der Waals surface area contributed by atoms with E-state index in [1.165, 1.54) is 12.1 Å². The number of hydrogen-bond acceptors (Lipinski definition) is 2. The molecule has 0 radical (unpaired) electrons. The Morgan fingerprint density at radius 2 is 1.89 bits per heavy atom. The summed E-state index contributed by atoms with van der Waals surface area (Å²) >= 11 is 0. The van der Waals surface area contributed by atoms with Gasteiger partial charge in [0.1, 0.15) is 0 Å². The van der Waals surface area contributed by atoms with Gasteiger partial charge in [0.05, 0.1) is 5.56 Å². The predicted molar refractivity (Wildman–Crippen MR) is 64.0 cm³/mol. The summed E-state index contributed by atoms with van der Waals surface area (Å²) in [6.07, 6.45) is -2.19. The first-order chi connectivity index (χ1) is 8.48. The van der Waals surface area contributed by atoms with E-state index in [-0.39, 0.29) is 6.04 Å². The molecule has 0 spiro atoms. The third-order valence-electron chi connectivity index (χ3n) is 3.47. The highest BCUT2D eigenvalue weighted by molar-refractivity contribution is 5.27. The first-order valence-electron chi connectivity index (χ1n) is 6.12. The van der Waals surface area contributed by atoms with Gasteiger partial charge in [0.2, 0.25) is 0 Å². The number of nitrogens with two attached hydrogens (primary N) is 1. The zero-order chi connectivity index (χ0) is 13.2. The Bertz CT molecular complexity index is 380. The molecule has 0 saturated carbocycles. The molecule has 2 rings (SSSR count). The molecular weight excluding hydrogens is 241 g/mol. The summed E-state index contributed by atoms with van der Waals surface area (Å²) in [6.45, 7) is 1.83. The lowest BCUT2D eigenvalue weighted by atomic mass is 9.87. The Morgan fingerprint density at radius 1 is 1.22 bits per heavy atom. The summed E-state index contributed by atoms with van der Waals surface area (Å²) in [5.41, 5.74) is 6.26. The van der Waals surface area contributed by atoms with Gasteiger partial charge in [-0.15, -0.1) is 0 Å². The number of alkyl halides is 3. The van der Waals surface area contributed by atoms with E-state index < -0.39 is 11.7 Å². The van der Waals surface area contributed by atoms with Crippen molar-refractivity contribution in [1.29, 1.82) is 0 Å². The molecule has 0 aromatic heterocycles. The Balaban J connectivity index is 2.09. The van der Waals surface area contributed by atoms with E-state index in [1.807, 2.05) is 0 Å². The normalized spacial score (nSPS) is 22.8. The van der Waals surface area contributed by atoms with Crippen molar-refractivity contribution in [3.63, 3.8) is 0 Å². The summed E-state index contributed by atoms with van der Waals surface area (Å²) in [4.78, 5) is 0. The molecule has 0 amide bonds. The maximum atomic E-state index is 12.4. The lowest BCUT2D eigenvalue weighted by molar-refractivity contribution is -0.137. The van der Waals surface area contributed by atoms with Gasteiger partial charge in [0.15, 0.2) is 0 Å². The van der Waals surface area contributed by atoms with E-state index in [0.717, 1.165) is 43.6 Å². The van der Waals surface area contributed by atoms with Crippen LogP contribution in [0.4, 0.5) is 13.2 Å². The SMILES string of the molecule is NC(c1ccc(C(F)(F)F)cc1)C1CCCNC1. The molecule has 1 fully saturated rings. The van der Waals surface area contributed by atoms with E-state index in [2.05, 4.69) is 5.32 Å². The van der Waals surface area contributed by atoms with Crippen LogP contribution in [0.2, 0.25) is 0 Å². The zero-order valence-corrected chi connectivity index (χ0v) is 10.0. The standard InChI is InChI=1S/C13H17F3N2/c14-13(15,16)11-5-3-9(4-6-11)12(17)10-2-1-7-18-8-10/h3-6,10,12,18H,1-2,7-8,17H2. The molecule has 1 aromatic rings. The van der Waals surface area contributed by atoms with Crippen molar-refractivity contribution in [2.75, 3.05) is 13.1 Å². The average Bonchev–Trinajstić information content (AvgIpc) is 2.38. The molecule has 100 valence electrons. The monoisotopic (exact) mass is 258 g/mol. The Hall–Kier alpha value is -1.07. The second kappa shape index (κ2) is 5.28. The molecule has 5 heteroatoms. The van der Waals surface area contributed by atoms with Crippen LogP contribution in [-0.2, 0) is 6.18 Å². The summed E-state index contributed by atoms with van der Waals surface area (Å²) in [5, 5.41) is 3.26. The van der Waals surface area contributed by atoms with Crippen molar-refractivity contribution in [2.24, 2.45) is 11.7 Å². The quantitative estimate of drug-likeness (QED) is 0.856. The molecule has 3 N–H and O–H groups in total. The number of benzene rings is 1. The molecule has 1 saturated heterocycles. The first-order valence-corrected chi connectivity index (χ1v) is 6.12. The second-order valence-corrected chi connectivity index (χ2v) is 4.75. The first kappa shape index (κ1) is 13.4. The number of piperidine rings is 1. The molecule has 0 aliphatic carbocycles. The fourth-order valence-electron chi connectivity index (χ4n) is 2.35. The third kappa shape index (κ3) is 3.03. The minimum Gasteiger partial charge on any atom is -0.324 e. The van der Waals surface area contributed by atoms with E-state index in [1.54, 1.807) is 0 Å². The molecule has 0 bridgehead atoms. The van der Waals surface area contributed by atoms with Gasteiger partial charge < -0.3 is 11.1 Å². The highest BCUT2D eigenvalue weighted by Crippen LogP contribution is 2.31. The van der Waals surface area contributed by atoms with Gasteiger partial charge in [0.25, 0.3) is 0 Å². The summed E-state index contributed by atoms with van der Waals surface area (Å²) in [5.74, 6) is 0.301. The molecule has 2 nitrogen and oxygen atoms in total. The highest BCUT2D eigenvalue weighted by atomic mass is 19.4. The molecule has 2 unspecified atom stereocenters. The summed E-state index contributed by atoms with van der Waals surface area (Å²) in [7, 11) is 0. The zero-order valence-electron chi connectivity index (χ0n) is 10.0. The van der Waals surface area contributed by atoms with Gasteiger partial charge in [-0.1, -0.05) is 12.1 Å². The van der Waals surface area contributed by atoms with Crippen LogP contribution < -0.4 is 11.1 Å². The Kier molecular flexibility index (Phi) is 3.92. The molecule has 18 heavy (non-hydrogen) atoms. The van der Waals surface area contributed by atoms with E-state index in [0.29, 0.717) is 5.92 Å². The minimum absolute atomic E-state index is 0.194. The minimum atomic E-state index is -4.28. The molecule has 1 aromatic carbocycles. The van der Waals surface area contributed by atoms with Crippen molar-refractivity contribution >= 4 is 0 Å². The lowest BCUT2D eigenvalue weighted by Gasteiger charge is -2.28. The molecule has 1 heterocycles. The van der Waals surface area contributed by atoms with Crippen molar-refractivity contribution in [1.82, 2.24) is 5.32 Å². The Morgan fingerprint density at radius 3 is 2.39 bits per heavy atom. The van der Waals surface area contributed by atoms with Crippen LogP contribution in [0.15, 0.2) is 24.3 Å². The third-order valence-corrected chi connectivity index (χ3v) is 3.47. The highest BCUT2D eigenvalue weighted by Gasteiger charge is 2.30. The van der Waals surface area contributed by atoms with Crippen LogP contribution in [0.5, 0.6) is 0 Å². The molecule has 1 aliphatic rings. The van der Waals surface area contributed by atoms with E-state index in [4.69, 9.17) is 5.73 Å². The lowest BCUT2D eigenvalue weighted by Crippen LogP contribution is -2.36. The van der Waals surface area contributed by atoms with Gasteiger partial charge in [0, 0.05) is 6.04 Å². The van der Waals surface area contributed by atoms with Crippen LogP contribution in [0, 0.1) is 5.92 Å². The van der Waals surface area contributed by atoms with Crippen LogP contribution in [0.1, 0.15) is 30.0 Å². The van der Waals surface area contributed by atoms with Crippen LogP contribution >= 0.6 is 0 Å². The van der Waals surface area contributed by atoms with Gasteiger partial charge in [-0.05, 0) is 49.5 Å². The maximum absolute atomic E-state index is 12.4. The van der Waals surface area contributed by atoms with E-state index >= 15 is 0 Å². The topological polar surface area (TPSA) is 38.0 Å². The van der Waals surface area contributed by atoms with Crippen molar-refractivity contribution < 1.29 is 13.2 Å². The number of nitrogens with one attached hydrogen (secondary N) is 1. The summed E-state index contributed by atoms with van der Waals surface area (Å²) < 4.78 is 37.3. The maximum Gasteiger partial charge on any atom is 0.416 e. The fourth-order valence-corrected chi connectivity index (χ4v) is 2.35. The van der Waals surface area contributed by atoms with Crippen LogP contribution in [-0.4, -0.2) is 13.1 Å². The molecule has 1 aliphatic heterocycles. The number of hydrogen-bond donors (Lipinski definition) is 2. The summed E-state index contributed by atoms with van der Waals surface area (Å²) in [6, 6.07) is 4.99. The van der Waals surface area contributed by atoms with Crippen molar-refractivity contribution in [3.8, 4) is 0 Å². The largest absolute Gasteiger partial charge is 0.416 e. The van der Waals surface area contributed by atoms with Crippen LogP contribution in [0.25, 0.3) is 0 Å². The van der Waals surface area contributed by atoms with Gasteiger partial charge >= 0.3 is 6.18 Å². The Labute approximate surface area is 104 Å². The predicted octanol–water partition coefficient (Wildman–Crippen LogP) is 2.70. The number of halogens is 3. The van der Waals surface area contributed by atoms with E-state index in [9.17, 15) is 13.2 Å². The van der Waals surface area contributed by atoms with Crippen molar-refractivity contribution in [3.05, 3.63) is 35.4 Å². The number of rotatable bonds is 2. The smallest absolute Gasteiger partial charge is 0.324 e. The second-order valence-electron chi connectivity index (χ2n) is 4.75. The van der Waals surface area contributed by atoms with Gasteiger partial charge in [-0.3, -0.25) is 0 Å². The van der Waals surface area contributed by atoms with Gasteiger partial charge in [-0.2, -0.15) is 13.2 Å².